The summed E-state index contributed by atoms with van der Waals surface area (Å²) in [7, 11) is -3.12. The minimum absolute atomic E-state index is 0.00850. The lowest BCUT2D eigenvalue weighted by molar-refractivity contribution is 0.606. The Balaban J connectivity index is 2.01. The third-order valence-electron chi connectivity index (χ3n) is 5.00. The molecular weight excluding hydrogens is 463 g/mol. The molecule has 172 valence electrons. The van der Waals surface area contributed by atoms with E-state index >= 15 is 0 Å². The highest BCUT2D eigenvalue weighted by Crippen LogP contribution is 2.26. The SMILES string of the molecule is CC(Nc1nc(N)nc(N)c1C#N)c1nc2cccc([SH](=O)=O)c2c(=O)n1-c1ccccc1F. The minimum Gasteiger partial charge on any atom is -0.382 e. The number of nitrogen functional groups attached to an aromatic ring is 2. The van der Waals surface area contributed by atoms with Gasteiger partial charge in [0, 0.05) is 0 Å². The Morgan fingerprint density at radius 3 is 2.53 bits per heavy atom. The molecule has 0 amide bonds. The second-order valence-corrected chi connectivity index (χ2v) is 8.15. The van der Waals surface area contributed by atoms with Crippen LogP contribution in [0.15, 0.2) is 52.2 Å². The van der Waals surface area contributed by atoms with E-state index in [9.17, 15) is 22.9 Å². The number of nitriles is 1. The third kappa shape index (κ3) is 3.86. The van der Waals surface area contributed by atoms with E-state index in [1.807, 2.05) is 6.07 Å². The summed E-state index contributed by atoms with van der Waals surface area (Å²) in [6, 6.07) is 10.7. The maximum atomic E-state index is 14.8. The van der Waals surface area contributed by atoms with Gasteiger partial charge in [-0.1, -0.05) is 18.2 Å². The van der Waals surface area contributed by atoms with Crippen molar-refractivity contribution in [2.24, 2.45) is 0 Å². The van der Waals surface area contributed by atoms with Gasteiger partial charge < -0.3 is 16.8 Å². The van der Waals surface area contributed by atoms with Crippen LogP contribution in [0.4, 0.5) is 22.0 Å². The van der Waals surface area contributed by atoms with E-state index in [0.717, 1.165) is 10.6 Å². The van der Waals surface area contributed by atoms with Crippen molar-refractivity contribution < 1.29 is 12.8 Å². The monoisotopic (exact) mass is 480 g/mol. The molecule has 0 aliphatic carbocycles. The lowest BCUT2D eigenvalue weighted by Gasteiger charge is -2.21. The molecule has 0 saturated heterocycles. The molecule has 2 aromatic heterocycles. The first-order chi connectivity index (χ1) is 16.2. The first kappa shape index (κ1) is 22.6. The highest BCUT2D eigenvalue weighted by Gasteiger charge is 2.23. The molecule has 2 aromatic carbocycles. The molecule has 5 N–H and O–H groups in total. The Morgan fingerprint density at radius 2 is 1.85 bits per heavy atom. The van der Waals surface area contributed by atoms with Crippen molar-refractivity contribution in [3.05, 3.63) is 70.0 Å². The average molecular weight is 480 g/mol. The van der Waals surface area contributed by atoms with Gasteiger partial charge >= 0.3 is 0 Å². The molecule has 0 spiro atoms. The molecule has 4 rings (SSSR count). The summed E-state index contributed by atoms with van der Waals surface area (Å²) in [6.45, 7) is 1.60. The minimum atomic E-state index is -3.12. The van der Waals surface area contributed by atoms with E-state index in [-0.39, 0.29) is 50.5 Å². The van der Waals surface area contributed by atoms with Gasteiger partial charge in [-0.2, -0.15) is 15.2 Å². The van der Waals surface area contributed by atoms with E-state index < -0.39 is 28.1 Å². The molecule has 4 aromatic rings. The van der Waals surface area contributed by atoms with Gasteiger partial charge in [-0.25, -0.2) is 17.8 Å². The average Bonchev–Trinajstić information content (AvgIpc) is 2.79. The van der Waals surface area contributed by atoms with Gasteiger partial charge in [0.25, 0.3) is 5.56 Å². The van der Waals surface area contributed by atoms with Crippen LogP contribution in [-0.2, 0) is 10.7 Å². The van der Waals surface area contributed by atoms with Gasteiger partial charge in [-0.3, -0.25) is 9.36 Å². The molecule has 13 heteroatoms. The normalized spacial score (nSPS) is 11.9. The maximum Gasteiger partial charge on any atom is 0.267 e. The molecule has 0 bridgehead atoms. The van der Waals surface area contributed by atoms with Gasteiger partial charge in [0.2, 0.25) is 5.95 Å². The predicted molar refractivity (Wildman–Crippen MR) is 123 cm³/mol. The highest BCUT2D eigenvalue weighted by molar-refractivity contribution is 7.72. The second-order valence-electron chi connectivity index (χ2n) is 7.16. The zero-order chi connectivity index (χ0) is 24.6. The quantitative estimate of drug-likeness (QED) is 0.305. The van der Waals surface area contributed by atoms with Crippen LogP contribution in [0.1, 0.15) is 24.4 Å². The number of fused-ring (bicyclic) bond motifs is 1. The van der Waals surface area contributed by atoms with E-state index in [1.54, 1.807) is 6.92 Å². The Hall–Kier alpha value is -4.57. The zero-order valence-corrected chi connectivity index (χ0v) is 18.5. The lowest BCUT2D eigenvalue weighted by Crippen LogP contribution is -2.29. The van der Waals surface area contributed by atoms with E-state index in [2.05, 4.69) is 20.3 Å². The van der Waals surface area contributed by atoms with Crippen LogP contribution in [0.5, 0.6) is 0 Å². The molecule has 0 fully saturated rings. The second kappa shape index (κ2) is 8.75. The number of thiol groups is 1. The number of benzene rings is 2. The fourth-order valence-corrected chi connectivity index (χ4v) is 4.12. The number of nitrogens with two attached hydrogens (primary N) is 2. The molecule has 0 aliphatic heterocycles. The summed E-state index contributed by atoms with van der Waals surface area (Å²) < 4.78 is 39.3. The topological polar surface area (TPSA) is 183 Å². The van der Waals surface area contributed by atoms with Crippen molar-refractivity contribution >= 4 is 39.2 Å². The third-order valence-corrected chi connectivity index (χ3v) is 5.76. The Kier molecular flexibility index (Phi) is 5.82. The van der Waals surface area contributed by atoms with Crippen LogP contribution in [0.25, 0.3) is 16.6 Å². The van der Waals surface area contributed by atoms with Gasteiger partial charge in [-0.15, -0.1) is 0 Å². The van der Waals surface area contributed by atoms with Crippen molar-refractivity contribution in [3.8, 4) is 11.8 Å². The van der Waals surface area contributed by atoms with Gasteiger partial charge in [0.15, 0.2) is 16.5 Å². The number of nitrogens with zero attached hydrogens (tertiary/aromatic N) is 5. The summed E-state index contributed by atoms with van der Waals surface area (Å²) in [6.07, 6.45) is 0. The number of hydrogen-bond donors (Lipinski definition) is 4. The van der Waals surface area contributed by atoms with Crippen molar-refractivity contribution in [3.63, 3.8) is 0 Å². The summed E-state index contributed by atoms with van der Waals surface area (Å²) >= 11 is 0. The van der Waals surface area contributed by atoms with Crippen molar-refractivity contribution in [1.82, 2.24) is 19.5 Å². The number of hydrogen-bond acceptors (Lipinski definition) is 10. The maximum absolute atomic E-state index is 14.8. The van der Waals surface area contributed by atoms with Crippen LogP contribution < -0.4 is 22.3 Å². The molecular formula is C21H17FN8O3S. The fraction of sp³-hybridized carbons (Fsp3) is 0.0952. The van der Waals surface area contributed by atoms with Crippen molar-refractivity contribution in [1.29, 1.82) is 5.26 Å². The molecule has 2 heterocycles. The van der Waals surface area contributed by atoms with Crippen LogP contribution in [0.3, 0.4) is 0 Å². The molecule has 0 radical (unpaired) electrons. The lowest BCUT2D eigenvalue weighted by atomic mass is 10.2. The van der Waals surface area contributed by atoms with E-state index in [4.69, 9.17) is 11.5 Å². The van der Waals surface area contributed by atoms with Crippen LogP contribution in [-0.4, -0.2) is 27.9 Å². The van der Waals surface area contributed by atoms with Gasteiger partial charge in [-0.05, 0) is 31.2 Å². The number of halogens is 1. The van der Waals surface area contributed by atoms with Crippen molar-refractivity contribution in [2.75, 3.05) is 16.8 Å². The van der Waals surface area contributed by atoms with Crippen LogP contribution in [0.2, 0.25) is 0 Å². The summed E-state index contributed by atoms with van der Waals surface area (Å²) in [4.78, 5) is 25.5. The number of nitrogens with one attached hydrogen (secondary N) is 1. The molecule has 0 saturated carbocycles. The fourth-order valence-electron chi connectivity index (χ4n) is 3.52. The Bertz CT molecular complexity index is 1620. The molecule has 1 atom stereocenters. The number of para-hydroxylation sites is 1. The molecule has 1 unspecified atom stereocenters. The summed E-state index contributed by atoms with van der Waals surface area (Å²) in [5.74, 6) is -1.04. The number of anilines is 3. The molecule has 0 aliphatic rings. The molecule has 34 heavy (non-hydrogen) atoms. The zero-order valence-electron chi connectivity index (χ0n) is 17.6. The standard InChI is InChI=1S/C21H17FN8O3S/c1-10(26-18-11(9-23)17(24)28-21(25)29-18)19-27-13-6-4-8-15(34(32)33)16(13)20(31)30(19)14-7-3-2-5-12(14)22/h2-8,10,34H,1H3,(H5,24,25,26,28,29). The van der Waals surface area contributed by atoms with Gasteiger partial charge in [0.05, 0.1) is 27.5 Å². The van der Waals surface area contributed by atoms with E-state index in [1.165, 1.54) is 36.4 Å². The highest BCUT2D eigenvalue weighted by atomic mass is 32.2. The predicted octanol–water partition coefficient (Wildman–Crippen LogP) is 1.49. The largest absolute Gasteiger partial charge is 0.382 e. The number of aromatic nitrogens is 4. The Morgan fingerprint density at radius 1 is 1.12 bits per heavy atom. The van der Waals surface area contributed by atoms with Gasteiger partial charge in [0.1, 0.15) is 29.1 Å². The first-order valence-electron chi connectivity index (χ1n) is 9.77. The van der Waals surface area contributed by atoms with E-state index in [0.29, 0.717) is 0 Å². The van der Waals surface area contributed by atoms with Crippen LogP contribution >= 0.6 is 0 Å². The Labute approximate surface area is 193 Å². The smallest absolute Gasteiger partial charge is 0.267 e. The summed E-state index contributed by atoms with van der Waals surface area (Å²) in [5, 5.41) is 12.2. The van der Waals surface area contributed by atoms with Crippen molar-refractivity contribution in [2.45, 2.75) is 17.9 Å². The summed E-state index contributed by atoms with van der Waals surface area (Å²) in [5.41, 5.74) is 10.5. The first-order valence-corrected chi connectivity index (χ1v) is 10.9. The van der Waals surface area contributed by atoms with Crippen LogP contribution in [0, 0.1) is 17.1 Å². The number of rotatable bonds is 5. The molecule has 11 nitrogen and oxygen atoms in total.